The molecular weight excluding hydrogens is 354 g/mol. The van der Waals surface area contributed by atoms with Crippen molar-refractivity contribution in [1.82, 2.24) is 25.2 Å². The zero-order valence-corrected chi connectivity index (χ0v) is 15.6. The van der Waals surface area contributed by atoms with Crippen molar-refractivity contribution < 1.29 is 9.53 Å². The van der Waals surface area contributed by atoms with Crippen LogP contribution < -0.4 is 15.4 Å². The molecule has 1 fully saturated rings. The Labute approximate surface area is 163 Å². The molecule has 0 bridgehead atoms. The van der Waals surface area contributed by atoms with Crippen molar-refractivity contribution in [2.75, 3.05) is 19.7 Å². The predicted octanol–water partition coefficient (Wildman–Crippen LogP) is 2.45. The van der Waals surface area contributed by atoms with Crippen LogP contribution in [0.2, 0.25) is 0 Å². The Morgan fingerprint density at radius 3 is 2.96 bits per heavy atom. The summed E-state index contributed by atoms with van der Waals surface area (Å²) in [4.78, 5) is 17.3. The summed E-state index contributed by atoms with van der Waals surface area (Å²) in [7, 11) is 0. The van der Waals surface area contributed by atoms with Gasteiger partial charge >= 0.3 is 0 Å². The Bertz CT molecular complexity index is 1010. The maximum atomic E-state index is 12.8. The fourth-order valence-corrected chi connectivity index (χ4v) is 4.06. The number of hydrogen-bond donors (Lipinski definition) is 2. The standard InChI is InChI=1S/C21H23N5O2/c27-21(24-17-7-10-28-19-4-2-1-3-16(17)19)15-12-23-20-11-18(25-26(20)13-15)14-5-8-22-9-6-14/h1-4,11-14,17,22H,5-10H2,(H,24,27)/t17-/m0/s1. The average molecular weight is 377 g/mol. The summed E-state index contributed by atoms with van der Waals surface area (Å²) in [5.41, 5.74) is 3.37. The maximum absolute atomic E-state index is 12.8. The van der Waals surface area contributed by atoms with Gasteiger partial charge in [0.1, 0.15) is 5.75 Å². The highest BCUT2D eigenvalue weighted by Gasteiger charge is 2.24. The number of aromatic nitrogens is 3. The molecule has 0 unspecified atom stereocenters. The number of nitrogens with zero attached hydrogens (tertiary/aromatic N) is 3. The van der Waals surface area contributed by atoms with Crippen molar-refractivity contribution >= 4 is 11.6 Å². The van der Waals surface area contributed by atoms with Crippen molar-refractivity contribution in [3.63, 3.8) is 0 Å². The number of para-hydroxylation sites is 1. The highest BCUT2D eigenvalue weighted by atomic mass is 16.5. The van der Waals surface area contributed by atoms with Gasteiger partial charge in [-0.05, 0) is 32.0 Å². The summed E-state index contributed by atoms with van der Waals surface area (Å²) in [5, 5.41) is 11.2. The molecule has 4 heterocycles. The van der Waals surface area contributed by atoms with E-state index in [1.165, 1.54) is 0 Å². The molecular formula is C21H23N5O2. The SMILES string of the molecule is O=C(N[C@H]1CCOc2ccccc21)c1cnc2cc(C3CCNCC3)nn2c1. The lowest BCUT2D eigenvalue weighted by atomic mass is 9.95. The Hall–Kier alpha value is -2.93. The van der Waals surface area contributed by atoms with Crippen molar-refractivity contribution in [1.29, 1.82) is 0 Å². The topological polar surface area (TPSA) is 80.5 Å². The van der Waals surface area contributed by atoms with Gasteiger partial charge in [0, 0.05) is 36.4 Å². The Morgan fingerprint density at radius 1 is 1.21 bits per heavy atom. The molecule has 1 aromatic carbocycles. The normalized spacial score (nSPS) is 19.8. The van der Waals surface area contributed by atoms with Gasteiger partial charge in [-0.25, -0.2) is 9.50 Å². The third kappa shape index (κ3) is 3.22. The third-order valence-electron chi connectivity index (χ3n) is 5.62. The van der Waals surface area contributed by atoms with Gasteiger partial charge in [0.05, 0.1) is 23.9 Å². The van der Waals surface area contributed by atoms with E-state index in [4.69, 9.17) is 4.74 Å². The molecule has 2 aromatic heterocycles. The van der Waals surface area contributed by atoms with Gasteiger partial charge in [0.15, 0.2) is 5.65 Å². The van der Waals surface area contributed by atoms with E-state index in [0.717, 1.165) is 55.0 Å². The fourth-order valence-electron chi connectivity index (χ4n) is 4.06. The lowest BCUT2D eigenvalue weighted by Gasteiger charge is -2.26. The van der Waals surface area contributed by atoms with Crippen LogP contribution in [0.15, 0.2) is 42.7 Å². The van der Waals surface area contributed by atoms with Crippen molar-refractivity contribution in [2.45, 2.75) is 31.2 Å². The van der Waals surface area contributed by atoms with Crippen molar-refractivity contribution in [3.8, 4) is 5.75 Å². The smallest absolute Gasteiger partial charge is 0.254 e. The first kappa shape index (κ1) is 17.2. The molecule has 7 nitrogen and oxygen atoms in total. The zero-order chi connectivity index (χ0) is 18.9. The summed E-state index contributed by atoms with van der Waals surface area (Å²) in [6.45, 7) is 2.64. The largest absolute Gasteiger partial charge is 0.493 e. The molecule has 0 spiro atoms. The summed E-state index contributed by atoms with van der Waals surface area (Å²) < 4.78 is 7.40. The number of hydrogen-bond acceptors (Lipinski definition) is 5. The molecule has 28 heavy (non-hydrogen) atoms. The van der Waals surface area contributed by atoms with Crippen LogP contribution in [0.4, 0.5) is 0 Å². The lowest BCUT2D eigenvalue weighted by molar-refractivity contribution is 0.0924. The minimum absolute atomic E-state index is 0.0592. The predicted molar refractivity (Wildman–Crippen MR) is 105 cm³/mol. The lowest BCUT2D eigenvalue weighted by Crippen LogP contribution is -2.32. The minimum atomic E-state index is -0.144. The highest BCUT2D eigenvalue weighted by Crippen LogP contribution is 2.31. The molecule has 1 saturated heterocycles. The van der Waals surface area contributed by atoms with Gasteiger partial charge in [0.2, 0.25) is 0 Å². The molecule has 0 saturated carbocycles. The molecule has 2 aliphatic heterocycles. The van der Waals surface area contributed by atoms with Gasteiger partial charge in [-0.15, -0.1) is 0 Å². The first-order chi connectivity index (χ1) is 13.8. The zero-order valence-electron chi connectivity index (χ0n) is 15.6. The van der Waals surface area contributed by atoms with E-state index in [0.29, 0.717) is 18.1 Å². The molecule has 2 aliphatic rings. The highest BCUT2D eigenvalue weighted by molar-refractivity contribution is 5.94. The van der Waals surface area contributed by atoms with E-state index in [1.807, 2.05) is 30.3 Å². The van der Waals surface area contributed by atoms with E-state index < -0.39 is 0 Å². The Balaban J connectivity index is 1.36. The van der Waals surface area contributed by atoms with E-state index >= 15 is 0 Å². The number of fused-ring (bicyclic) bond motifs is 2. The molecule has 7 heteroatoms. The third-order valence-corrected chi connectivity index (χ3v) is 5.62. The van der Waals surface area contributed by atoms with Gasteiger partial charge in [0.25, 0.3) is 5.91 Å². The fraction of sp³-hybridized carbons (Fsp3) is 0.381. The average Bonchev–Trinajstić information content (AvgIpc) is 3.18. The number of nitrogens with one attached hydrogen (secondary N) is 2. The van der Waals surface area contributed by atoms with Gasteiger partial charge in [-0.1, -0.05) is 18.2 Å². The summed E-state index contributed by atoms with van der Waals surface area (Å²) in [6.07, 6.45) is 6.32. The maximum Gasteiger partial charge on any atom is 0.254 e. The number of piperidine rings is 1. The second-order valence-electron chi connectivity index (χ2n) is 7.44. The Morgan fingerprint density at radius 2 is 2.07 bits per heavy atom. The molecule has 1 atom stereocenters. The van der Waals surface area contributed by atoms with Crippen molar-refractivity contribution in [2.24, 2.45) is 0 Å². The van der Waals surface area contributed by atoms with Crippen LogP contribution in [-0.2, 0) is 0 Å². The summed E-state index contributed by atoms with van der Waals surface area (Å²) in [6, 6.07) is 9.82. The Kier molecular flexibility index (Phi) is 4.44. The first-order valence-corrected chi connectivity index (χ1v) is 9.86. The van der Waals surface area contributed by atoms with Gasteiger partial charge in [-0.2, -0.15) is 5.10 Å². The van der Waals surface area contributed by atoms with Crippen LogP contribution >= 0.6 is 0 Å². The molecule has 5 rings (SSSR count). The molecule has 144 valence electrons. The van der Waals surface area contributed by atoms with E-state index in [-0.39, 0.29) is 11.9 Å². The number of carbonyl (C=O) groups excluding carboxylic acids is 1. The van der Waals surface area contributed by atoms with Gasteiger partial charge < -0.3 is 15.4 Å². The second kappa shape index (κ2) is 7.24. The van der Waals surface area contributed by atoms with Crippen LogP contribution in [0.25, 0.3) is 5.65 Å². The summed E-state index contributed by atoms with van der Waals surface area (Å²) in [5.74, 6) is 1.15. The minimum Gasteiger partial charge on any atom is -0.493 e. The summed E-state index contributed by atoms with van der Waals surface area (Å²) >= 11 is 0. The number of benzene rings is 1. The monoisotopic (exact) mass is 377 g/mol. The van der Waals surface area contributed by atoms with Crippen LogP contribution in [0, 0.1) is 0 Å². The van der Waals surface area contributed by atoms with E-state index in [2.05, 4.69) is 20.7 Å². The quantitative estimate of drug-likeness (QED) is 0.733. The van der Waals surface area contributed by atoms with Crippen LogP contribution in [0.3, 0.4) is 0 Å². The molecule has 1 amide bonds. The van der Waals surface area contributed by atoms with Crippen LogP contribution in [-0.4, -0.2) is 40.2 Å². The molecule has 3 aromatic rings. The molecule has 0 aliphatic carbocycles. The number of amides is 1. The van der Waals surface area contributed by atoms with E-state index in [1.54, 1.807) is 16.9 Å². The number of rotatable bonds is 3. The van der Waals surface area contributed by atoms with Crippen LogP contribution in [0.5, 0.6) is 5.75 Å². The van der Waals surface area contributed by atoms with Crippen LogP contribution in [0.1, 0.15) is 52.8 Å². The van der Waals surface area contributed by atoms with E-state index in [9.17, 15) is 4.79 Å². The molecule has 0 radical (unpaired) electrons. The number of ether oxygens (including phenoxy) is 1. The molecule has 2 N–H and O–H groups in total. The first-order valence-electron chi connectivity index (χ1n) is 9.86. The number of carbonyl (C=O) groups is 1. The van der Waals surface area contributed by atoms with Crippen molar-refractivity contribution in [3.05, 3.63) is 59.5 Å². The second-order valence-corrected chi connectivity index (χ2v) is 7.44. The van der Waals surface area contributed by atoms with Gasteiger partial charge in [-0.3, -0.25) is 4.79 Å².